The average molecular weight is 464 g/mol. The standard InChI is InChI=1S/C26H26ClN3O3/c1-17(2)25(32)29-20-14-12-19(13-15-20)28-24(31)16-23(18-8-4-3-5-9-18)30-26(33)21-10-6-7-11-22(21)27/h3-15,17,23H,16H2,1-2H3,(H,28,31)(H,29,32)(H,30,33). The van der Waals surface area contributed by atoms with E-state index in [1.54, 1.807) is 48.5 Å². The molecule has 0 spiro atoms. The van der Waals surface area contributed by atoms with Crippen molar-refractivity contribution in [1.29, 1.82) is 0 Å². The van der Waals surface area contributed by atoms with Gasteiger partial charge in [-0.1, -0.05) is 67.9 Å². The quantitative estimate of drug-likeness (QED) is 0.416. The van der Waals surface area contributed by atoms with E-state index in [-0.39, 0.29) is 30.1 Å². The van der Waals surface area contributed by atoms with Gasteiger partial charge in [-0.15, -0.1) is 0 Å². The summed E-state index contributed by atoms with van der Waals surface area (Å²) in [5.74, 6) is -0.818. The number of hydrogen-bond acceptors (Lipinski definition) is 3. The van der Waals surface area contributed by atoms with Crippen molar-refractivity contribution < 1.29 is 14.4 Å². The number of anilines is 2. The number of amides is 3. The van der Waals surface area contributed by atoms with Crippen LogP contribution in [0.4, 0.5) is 11.4 Å². The Balaban J connectivity index is 1.68. The third-order valence-electron chi connectivity index (χ3n) is 4.98. The van der Waals surface area contributed by atoms with Gasteiger partial charge in [-0.3, -0.25) is 14.4 Å². The first-order valence-corrected chi connectivity index (χ1v) is 11.0. The first-order valence-electron chi connectivity index (χ1n) is 10.6. The Bertz CT molecular complexity index is 1120. The average Bonchev–Trinajstić information content (AvgIpc) is 2.80. The number of nitrogens with one attached hydrogen (secondary N) is 3. The minimum Gasteiger partial charge on any atom is -0.345 e. The van der Waals surface area contributed by atoms with Gasteiger partial charge in [0.05, 0.1) is 23.0 Å². The van der Waals surface area contributed by atoms with Gasteiger partial charge in [0.2, 0.25) is 11.8 Å². The van der Waals surface area contributed by atoms with Gasteiger partial charge in [0.1, 0.15) is 0 Å². The predicted octanol–water partition coefficient (Wildman–Crippen LogP) is 5.43. The summed E-state index contributed by atoms with van der Waals surface area (Å²) >= 11 is 6.16. The van der Waals surface area contributed by atoms with Crippen molar-refractivity contribution in [1.82, 2.24) is 5.32 Å². The molecule has 3 amide bonds. The van der Waals surface area contributed by atoms with Crippen LogP contribution < -0.4 is 16.0 Å². The summed E-state index contributed by atoms with van der Waals surface area (Å²) in [4.78, 5) is 37.4. The van der Waals surface area contributed by atoms with Crippen molar-refractivity contribution in [2.24, 2.45) is 5.92 Å². The molecule has 0 saturated carbocycles. The Labute approximate surface area is 198 Å². The van der Waals surface area contributed by atoms with Gasteiger partial charge in [0.15, 0.2) is 0 Å². The summed E-state index contributed by atoms with van der Waals surface area (Å²) in [6.07, 6.45) is 0.0338. The lowest BCUT2D eigenvalue weighted by Crippen LogP contribution is -2.31. The monoisotopic (exact) mass is 463 g/mol. The molecular formula is C26H26ClN3O3. The second kappa shape index (κ2) is 11.3. The van der Waals surface area contributed by atoms with E-state index in [0.29, 0.717) is 22.0 Å². The van der Waals surface area contributed by atoms with Crippen LogP contribution in [0, 0.1) is 5.92 Å². The summed E-state index contributed by atoms with van der Waals surface area (Å²) in [5, 5.41) is 8.91. The minimum atomic E-state index is -0.542. The van der Waals surface area contributed by atoms with E-state index in [9.17, 15) is 14.4 Å². The van der Waals surface area contributed by atoms with Crippen LogP contribution in [0.15, 0.2) is 78.9 Å². The zero-order valence-corrected chi connectivity index (χ0v) is 19.2. The molecule has 0 bridgehead atoms. The Morgan fingerprint density at radius 3 is 1.97 bits per heavy atom. The maximum Gasteiger partial charge on any atom is 0.253 e. The molecule has 6 nitrogen and oxygen atoms in total. The number of halogens is 1. The molecule has 0 heterocycles. The predicted molar refractivity (Wildman–Crippen MR) is 131 cm³/mol. The van der Waals surface area contributed by atoms with Gasteiger partial charge in [0.25, 0.3) is 5.91 Å². The van der Waals surface area contributed by atoms with Crippen molar-refractivity contribution in [2.45, 2.75) is 26.3 Å². The van der Waals surface area contributed by atoms with Crippen LogP contribution in [-0.4, -0.2) is 17.7 Å². The molecule has 3 rings (SSSR count). The highest BCUT2D eigenvalue weighted by atomic mass is 35.5. The van der Waals surface area contributed by atoms with E-state index in [4.69, 9.17) is 11.6 Å². The summed E-state index contributed by atoms with van der Waals surface area (Å²) in [6, 6.07) is 22.4. The van der Waals surface area contributed by atoms with Crippen LogP contribution >= 0.6 is 11.6 Å². The fourth-order valence-corrected chi connectivity index (χ4v) is 3.36. The molecule has 0 aliphatic heterocycles. The molecule has 33 heavy (non-hydrogen) atoms. The second-order valence-electron chi connectivity index (χ2n) is 7.89. The summed E-state index contributed by atoms with van der Waals surface area (Å²) in [7, 11) is 0. The van der Waals surface area contributed by atoms with Crippen molar-refractivity contribution in [3.05, 3.63) is 95.0 Å². The molecule has 1 atom stereocenters. The number of hydrogen-bond donors (Lipinski definition) is 3. The lowest BCUT2D eigenvalue weighted by atomic mass is 10.0. The van der Waals surface area contributed by atoms with Crippen LogP contribution in [0.5, 0.6) is 0 Å². The Kier molecular flexibility index (Phi) is 8.22. The van der Waals surface area contributed by atoms with Gasteiger partial charge in [-0.25, -0.2) is 0 Å². The highest BCUT2D eigenvalue weighted by molar-refractivity contribution is 6.33. The van der Waals surface area contributed by atoms with Gasteiger partial charge >= 0.3 is 0 Å². The zero-order valence-electron chi connectivity index (χ0n) is 18.5. The third-order valence-corrected chi connectivity index (χ3v) is 5.31. The lowest BCUT2D eigenvalue weighted by molar-refractivity contribution is -0.119. The summed E-state index contributed by atoms with van der Waals surface area (Å²) in [5.41, 5.74) is 2.40. The van der Waals surface area contributed by atoms with Crippen molar-refractivity contribution in [3.63, 3.8) is 0 Å². The fraction of sp³-hybridized carbons (Fsp3) is 0.192. The van der Waals surface area contributed by atoms with Gasteiger partial charge < -0.3 is 16.0 Å². The van der Waals surface area contributed by atoms with E-state index in [2.05, 4.69) is 16.0 Å². The molecule has 0 fully saturated rings. The molecule has 0 saturated heterocycles. The largest absolute Gasteiger partial charge is 0.345 e. The summed E-state index contributed by atoms with van der Waals surface area (Å²) in [6.45, 7) is 3.63. The van der Waals surface area contributed by atoms with Crippen molar-refractivity contribution >= 4 is 40.7 Å². The van der Waals surface area contributed by atoms with E-state index < -0.39 is 6.04 Å². The molecule has 3 N–H and O–H groups in total. The molecule has 170 valence electrons. The third kappa shape index (κ3) is 6.92. The Hall–Kier alpha value is -3.64. The SMILES string of the molecule is CC(C)C(=O)Nc1ccc(NC(=O)CC(NC(=O)c2ccccc2Cl)c2ccccc2)cc1. The van der Waals surface area contributed by atoms with Crippen molar-refractivity contribution in [3.8, 4) is 0 Å². The van der Waals surface area contributed by atoms with E-state index in [1.807, 2.05) is 44.2 Å². The topological polar surface area (TPSA) is 87.3 Å². The van der Waals surface area contributed by atoms with Crippen LogP contribution in [-0.2, 0) is 9.59 Å². The first kappa shape index (κ1) is 24.0. The van der Waals surface area contributed by atoms with E-state index in [1.165, 1.54) is 0 Å². The number of carbonyl (C=O) groups excluding carboxylic acids is 3. The van der Waals surface area contributed by atoms with Crippen LogP contribution in [0.1, 0.15) is 42.2 Å². The molecule has 1 unspecified atom stereocenters. The molecule has 3 aromatic rings. The van der Waals surface area contributed by atoms with Gasteiger partial charge in [-0.05, 0) is 42.0 Å². The molecule has 7 heteroatoms. The van der Waals surface area contributed by atoms with Crippen LogP contribution in [0.25, 0.3) is 0 Å². The van der Waals surface area contributed by atoms with Crippen LogP contribution in [0.3, 0.4) is 0 Å². The van der Waals surface area contributed by atoms with Gasteiger partial charge in [0, 0.05) is 17.3 Å². The molecule has 0 aromatic heterocycles. The Morgan fingerprint density at radius 2 is 1.36 bits per heavy atom. The lowest BCUT2D eigenvalue weighted by Gasteiger charge is -2.19. The molecule has 3 aromatic carbocycles. The molecular weight excluding hydrogens is 438 g/mol. The maximum absolute atomic E-state index is 12.8. The Morgan fingerprint density at radius 1 is 0.788 bits per heavy atom. The smallest absolute Gasteiger partial charge is 0.253 e. The maximum atomic E-state index is 12.8. The molecule has 0 aliphatic carbocycles. The van der Waals surface area contributed by atoms with Crippen LogP contribution in [0.2, 0.25) is 5.02 Å². The number of carbonyl (C=O) groups is 3. The van der Waals surface area contributed by atoms with E-state index >= 15 is 0 Å². The second-order valence-corrected chi connectivity index (χ2v) is 8.30. The number of rotatable bonds is 8. The summed E-state index contributed by atoms with van der Waals surface area (Å²) < 4.78 is 0. The normalized spacial score (nSPS) is 11.5. The fourth-order valence-electron chi connectivity index (χ4n) is 3.14. The van der Waals surface area contributed by atoms with E-state index in [0.717, 1.165) is 5.56 Å². The number of benzene rings is 3. The molecule has 0 radical (unpaired) electrons. The minimum absolute atomic E-state index is 0.0338. The van der Waals surface area contributed by atoms with Crippen molar-refractivity contribution in [2.75, 3.05) is 10.6 Å². The highest BCUT2D eigenvalue weighted by Gasteiger charge is 2.20. The first-order chi connectivity index (χ1) is 15.8. The zero-order chi connectivity index (χ0) is 23.8. The van der Waals surface area contributed by atoms with Gasteiger partial charge in [-0.2, -0.15) is 0 Å². The molecule has 0 aliphatic rings. The highest BCUT2D eigenvalue weighted by Crippen LogP contribution is 2.22.